The number of nitrogens with zero attached hydrogens (tertiary/aromatic N) is 2. The van der Waals surface area contributed by atoms with Gasteiger partial charge in [-0.1, -0.05) is 301 Å². The van der Waals surface area contributed by atoms with E-state index in [9.17, 15) is 0 Å². The zero-order valence-electron chi connectivity index (χ0n) is 54.1. The molecule has 454 valence electrons. The van der Waals surface area contributed by atoms with Crippen molar-refractivity contribution in [2.24, 2.45) is 0 Å². The van der Waals surface area contributed by atoms with E-state index in [1.54, 1.807) is 0 Å². The minimum absolute atomic E-state index is 0.0128. The Morgan fingerprint density at radius 3 is 1.14 bits per heavy atom. The number of fused-ring (bicyclic) bond motifs is 12. The van der Waals surface area contributed by atoms with Gasteiger partial charge in [-0.05, 0) is 154 Å². The lowest BCUT2D eigenvalue weighted by Gasteiger charge is -2.46. The predicted molar refractivity (Wildman–Crippen MR) is 407 cm³/mol. The molecule has 0 fully saturated rings. The summed E-state index contributed by atoms with van der Waals surface area (Å²) in [5, 5.41) is 2.51. The largest absolute Gasteiger partial charge is 0.311 e. The van der Waals surface area contributed by atoms with E-state index in [2.05, 4.69) is 359 Å². The van der Waals surface area contributed by atoms with Crippen molar-refractivity contribution in [3.05, 3.63) is 377 Å². The highest BCUT2D eigenvalue weighted by atomic mass is 32.1. The molecule has 0 unspecified atom stereocenters. The highest BCUT2D eigenvalue weighted by Crippen LogP contribution is 2.57. The summed E-state index contributed by atoms with van der Waals surface area (Å²) in [6.07, 6.45) is 0. The van der Waals surface area contributed by atoms with Gasteiger partial charge < -0.3 is 9.80 Å². The van der Waals surface area contributed by atoms with Crippen LogP contribution in [0, 0.1) is 0 Å². The molecule has 0 saturated heterocycles. The van der Waals surface area contributed by atoms with Crippen LogP contribution in [-0.2, 0) is 10.8 Å². The van der Waals surface area contributed by atoms with Crippen molar-refractivity contribution in [1.82, 2.24) is 0 Å². The third-order valence-electron chi connectivity index (χ3n) is 21.9. The molecule has 4 aliphatic rings. The first-order valence-electron chi connectivity index (χ1n) is 33.9. The van der Waals surface area contributed by atoms with Gasteiger partial charge in [-0.3, -0.25) is 0 Å². The van der Waals surface area contributed by atoms with E-state index >= 15 is 0 Å². The standard InChI is InChI=1S/C92H67BN2S/c1-91(2)74-40-22-17-36-67(74)86(68-37-18-23-41-75(68)91)64-47-51-82-78(55-64)93-79-56-65(87-69-38-19-24-42-76(69)92(3,4)77-43-25-20-39-70(77)87)48-52-83(79)95(81-50-46-63(59-29-11-6-12-30-59)54-72(81)61-33-15-8-16-34-61)89-88(93)84(57-73-66-35-21-26-44-85(66)96-90(73)89)94(82)80-49-45-62(58-27-9-5-10-28-58)53-71(80)60-31-13-7-14-32-60/h5-57,86-87H,1-4H3. The van der Waals surface area contributed by atoms with Crippen LogP contribution >= 0.6 is 11.3 Å². The molecule has 2 aliphatic carbocycles. The lowest BCUT2D eigenvalue weighted by molar-refractivity contribution is 0.597. The summed E-state index contributed by atoms with van der Waals surface area (Å²) in [6.45, 7) is 9.44. The average Bonchev–Trinajstić information content (AvgIpc) is 1.03. The molecule has 2 nitrogen and oxygen atoms in total. The first kappa shape index (κ1) is 56.5. The molecular formula is C92H67BN2S. The van der Waals surface area contributed by atoms with Gasteiger partial charge in [0.05, 0.1) is 21.8 Å². The maximum atomic E-state index is 2.72. The molecule has 0 amide bonds. The summed E-state index contributed by atoms with van der Waals surface area (Å²) < 4.78 is 2.54. The van der Waals surface area contributed by atoms with E-state index in [1.807, 2.05) is 11.3 Å². The second-order valence-electron chi connectivity index (χ2n) is 27.8. The average molecular weight is 1240 g/mol. The number of hydrogen-bond donors (Lipinski definition) is 0. The molecule has 19 rings (SSSR count). The first-order valence-corrected chi connectivity index (χ1v) is 34.7. The Balaban J connectivity index is 0.969. The van der Waals surface area contributed by atoms with Crippen molar-refractivity contribution in [2.45, 2.75) is 50.4 Å². The van der Waals surface area contributed by atoms with Crippen LogP contribution < -0.4 is 26.2 Å². The molecule has 15 aromatic rings. The normalized spacial score (nSPS) is 14.7. The Bertz CT molecular complexity index is 5410. The van der Waals surface area contributed by atoms with Gasteiger partial charge in [0.25, 0.3) is 6.71 Å². The minimum Gasteiger partial charge on any atom is -0.311 e. The molecular weight excluding hydrogens is 1180 g/mol. The molecule has 0 radical (unpaired) electrons. The molecule has 4 heteroatoms. The van der Waals surface area contributed by atoms with Crippen molar-refractivity contribution in [1.29, 1.82) is 0 Å². The van der Waals surface area contributed by atoms with Crippen LogP contribution in [0.5, 0.6) is 0 Å². The predicted octanol–water partition coefficient (Wildman–Crippen LogP) is 22.4. The van der Waals surface area contributed by atoms with Crippen molar-refractivity contribution in [3.63, 3.8) is 0 Å². The van der Waals surface area contributed by atoms with Crippen LogP contribution in [0.25, 0.3) is 64.7 Å². The van der Waals surface area contributed by atoms with E-state index in [0.29, 0.717) is 0 Å². The number of anilines is 6. The monoisotopic (exact) mass is 1240 g/mol. The molecule has 0 atom stereocenters. The molecule has 2 aliphatic heterocycles. The van der Waals surface area contributed by atoms with Crippen LogP contribution in [-0.4, -0.2) is 6.71 Å². The Morgan fingerprint density at radius 2 is 0.677 bits per heavy atom. The molecule has 96 heavy (non-hydrogen) atoms. The van der Waals surface area contributed by atoms with E-state index in [4.69, 9.17) is 0 Å². The maximum absolute atomic E-state index is 2.72. The summed E-state index contributed by atoms with van der Waals surface area (Å²) in [5.41, 5.74) is 33.5. The third-order valence-corrected chi connectivity index (χ3v) is 23.1. The summed E-state index contributed by atoms with van der Waals surface area (Å²) in [7, 11) is 0. The second-order valence-corrected chi connectivity index (χ2v) is 28.8. The second kappa shape index (κ2) is 21.8. The Labute approximate surface area is 566 Å². The van der Waals surface area contributed by atoms with Gasteiger partial charge in [0.1, 0.15) is 0 Å². The number of benzene rings is 14. The van der Waals surface area contributed by atoms with Gasteiger partial charge in [0.15, 0.2) is 0 Å². The molecule has 3 heterocycles. The number of rotatable bonds is 8. The van der Waals surface area contributed by atoms with Gasteiger partial charge in [-0.25, -0.2) is 0 Å². The fourth-order valence-electron chi connectivity index (χ4n) is 17.5. The fraction of sp³-hybridized carbons (Fsp3) is 0.0870. The van der Waals surface area contributed by atoms with E-state index < -0.39 is 0 Å². The van der Waals surface area contributed by atoms with Gasteiger partial charge in [0.2, 0.25) is 0 Å². The molecule has 1 aromatic heterocycles. The van der Waals surface area contributed by atoms with Gasteiger partial charge in [-0.2, -0.15) is 0 Å². The zero-order valence-corrected chi connectivity index (χ0v) is 55.0. The van der Waals surface area contributed by atoms with Crippen molar-refractivity contribution in [2.75, 3.05) is 9.80 Å². The van der Waals surface area contributed by atoms with Gasteiger partial charge >= 0.3 is 0 Å². The molecule has 14 aromatic carbocycles. The quantitative estimate of drug-likeness (QED) is 0.140. The summed E-state index contributed by atoms with van der Waals surface area (Å²) in [4.78, 5) is 5.40. The molecule has 0 bridgehead atoms. The van der Waals surface area contributed by atoms with Crippen molar-refractivity contribution in [3.8, 4) is 44.5 Å². The lowest BCUT2D eigenvalue weighted by atomic mass is 9.33. The van der Waals surface area contributed by atoms with Crippen LogP contribution in [0.15, 0.2) is 322 Å². The zero-order chi connectivity index (χ0) is 64.0. The summed E-state index contributed by atoms with van der Waals surface area (Å²) >= 11 is 1.93. The highest BCUT2D eigenvalue weighted by molar-refractivity contribution is 7.26. The van der Waals surface area contributed by atoms with Crippen LogP contribution in [0.1, 0.15) is 95.2 Å². The van der Waals surface area contributed by atoms with E-state index in [0.717, 1.165) is 11.4 Å². The SMILES string of the molecule is CC1(C)c2ccccc2C(c2ccc3c(c2)B2c4cc(C5c6ccccc6C(C)(C)c6ccccc65)ccc4N(c4ccc(-c5ccccc5)cc4-c4ccccc4)c4c2c(cc2c4sc4ccccc42)N3c2ccc(-c3ccccc3)cc2-c2ccccc2)c2ccccc21. The fourth-order valence-corrected chi connectivity index (χ4v) is 18.8. The molecule has 0 spiro atoms. The summed E-state index contributed by atoms with van der Waals surface area (Å²) in [6, 6.07) is 123. The minimum atomic E-state index is -0.217. The van der Waals surface area contributed by atoms with Crippen LogP contribution in [0.4, 0.5) is 34.1 Å². The smallest absolute Gasteiger partial charge is 0.252 e. The lowest BCUT2D eigenvalue weighted by Crippen LogP contribution is -2.61. The van der Waals surface area contributed by atoms with Gasteiger partial charge in [0, 0.05) is 66.3 Å². The van der Waals surface area contributed by atoms with Crippen molar-refractivity contribution < 1.29 is 0 Å². The topological polar surface area (TPSA) is 6.48 Å². The Morgan fingerprint density at radius 1 is 0.302 bits per heavy atom. The maximum Gasteiger partial charge on any atom is 0.252 e. The van der Waals surface area contributed by atoms with Crippen LogP contribution in [0.2, 0.25) is 0 Å². The number of hydrogen-bond acceptors (Lipinski definition) is 3. The van der Waals surface area contributed by atoms with Crippen LogP contribution in [0.3, 0.4) is 0 Å². The van der Waals surface area contributed by atoms with E-state index in [-0.39, 0.29) is 29.4 Å². The van der Waals surface area contributed by atoms with Gasteiger partial charge in [-0.15, -0.1) is 11.3 Å². The summed E-state index contributed by atoms with van der Waals surface area (Å²) in [5.74, 6) is -0.0255. The Kier molecular flexibility index (Phi) is 12.8. The van der Waals surface area contributed by atoms with Crippen molar-refractivity contribution >= 4 is 88.7 Å². The van der Waals surface area contributed by atoms with E-state index in [1.165, 1.54) is 159 Å². The third kappa shape index (κ3) is 8.51. The first-order chi connectivity index (χ1) is 47.2. The molecule has 0 N–H and O–H groups in total. The number of thiophene rings is 1. The molecule has 0 saturated carbocycles. The Hall–Kier alpha value is -11.0. The highest BCUT2D eigenvalue weighted by Gasteiger charge is 2.48.